The summed E-state index contributed by atoms with van der Waals surface area (Å²) in [6.45, 7) is 8.67. The van der Waals surface area contributed by atoms with Crippen LogP contribution in [0.2, 0.25) is 5.02 Å². The molecule has 1 atom stereocenters. The molecule has 1 unspecified atom stereocenters. The number of hydrogen-bond donors (Lipinski definition) is 1. The van der Waals surface area contributed by atoms with Gasteiger partial charge in [-0.15, -0.1) is 16.8 Å². The number of ether oxygens (including phenoxy) is 1. The van der Waals surface area contributed by atoms with Gasteiger partial charge in [-0.2, -0.15) is 0 Å². The summed E-state index contributed by atoms with van der Waals surface area (Å²) in [7, 11) is 0. The van der Waals surface area contributed by atoms with Gasteiger partial charge >= 0.3 is 0 Å². The molecule has 1 heterocycles. The Balaban J connectivity index is 1.62. The molecular weight excluding hydrogens is 432 g/mol. The number of nitrogens with one attached hydrogen (secondary N) is 1. The standard InChI is InChI=1S/C23H25ClN4O2S/c1-4-12-28-22(17(3)30-19-10-11-20(24)16(2)13-19)26-27-23(28)31-15-21(29)25-14-18-8-6-5-7-9-18/h4-11,13,17H,1,12,14-15H2,2-3H3,(H,25,29). The number of amides is 1. The summed E-state index contributed by atoms with van der Waals surface area (Å²) < 4.78 is 7.96. The zero-order valence-electron chi connectivity index (χ0n) is 17.5. The number of aromatic nitrogens is 3. The van der Waals surface area contributed by atoms with Crippen molar-refractivity contribution in [1.29, 1.82) is 0 Å². The number of carbonyl (C=O) groups is 1. The molecule has 0 saturated heterocycles. The lowest BCUT2D eigenvalue weighted by Gasteiger charge is -2.16. The fourth-order valence-corrected chi connectivity index (χ4v) is 3.84. The predicted octanol–water partition coefficient (Wildman–Crippen LogP) is 4.97. The molecule has 1 N–H and O–H groups in total. The molecular formula is C23H25ClN4O2S. The molecule has 1 aromatic heterocycles. The van der Waals surface area contributed by atoms with Gasteiger partial charge in [0.1, 0.15) is 5.75 Å². The minimum Gasteiger partial charge on any atom is -0.483 e. The van der Waals surface area contributed by atoms with Gasteiger partial charge in [0.15, 0.2) is 17.1 Å². The van der Waals surface area contributed by atoms with Gasteiger partial charge in [0.05, 0.1) is 5.75 Å². The van der Waals surface area contributed by atoms with Crippen LogP contribution in [-0.4, -0.2) is 26.4 Å². The van der Waals surface area contributed by atoms with E-state index >= 15 is 0 Å². The summed E-state index contributed by atoms with van der Waals surface area (Å²) in [5.41, 5.74) is 2.00. The SMILES string of the molecule is C=CCn1c(SCC(=O)NCc2ccccc2)nnc1C(C)Oc1ccc(Cl)c(C)c1. The molecule has 0 radical (unpaired) electrons. The number of nitrogens with zero attached hydrogens (tertiary/aromatic N) is 3. The Morgan fingerprint density at radius 1 is 1.29 bits per heavy atom. The van der Waals surface area contributed by atoms with Gasteiger partial charge in [-0.05, 0) is 43.2 Å². The second-order valence-corrected chi connectivity index (χ2v) is 8.31. The van der Waals surface area contributed by atoms with Crippen LogP contribution in [0.4, 0.5) is 0 Å². The lowest BCUT2D eigenvalue weighted by atomic mass is 10.2. The molecule has 6 nitrogen and oxygen atoms in total. The maximum Gasteiger partial charge on any atom is 0.230 e. The largest absolute Gasteiger partial charge is 0.483 e. The summed E-state index contributed by atoms with van der Waals surface area (Å²) in [5.74, 6) is 1.55. The van der Waals surface area contributed by atoms with Crippen molar-refractivity contribution in [2.24, 2.45) is 0 Å². The van der Waals surface area contributed by atoms with Gasteiger partial charge in [0.25, 0.3) is 0 Å². The lowest BCUT2D eigenvalue weighted by Crippen LogP contribution is -2.24. The molecule has 8 heteroatoms. The average Bonchev–Trinajstić information content (AvgIpc) is 3.17. The number of hydrogen-bond acceptors (Lipinski definition) is 5. The van der Waals surface area contributed by atoms with E-state index in [1.54, 1.807) is 6.08 Å². The zero-order chi connectivity index (χ0) is 22.2. The first-order valence-corrected chi connectivity index (χ1v) is 11.2. The number of benzene rings is 2. The summed E-state index contributed by atoms with van der Waals surface area (Å²) in [6.07, 6.45) is 1.43. The van der Waals surface area contributed by atoms with Crippen molar-refractivity contribution >= 4 is 29.3 Å². The molecule has 0 aliphatic heterocycles. The third-order valence-electron chi connectivity index (χ3n) is 4.53. The first-order valence-electron chi connectivity index (χ1n) is 9.88. The Bertz CT molecular complexity index is 1040. The molecule has 0 bridgehead atoms. The quantitative estimate of drug-likeness (QED) is 0.344. The summed E-state index contributed by atoms with van der Waals surface area (Å²) in [4.78, 5) is 12.3. The number of rotatable bonds is 10. The second-order valence-electron chi connectivity index (χ2n) is 6.96. The van der Waals surface area contributed by atoms with E-state index in [0.29, 0.717) is 34.8 Å². The highest BCUT2D eigenvalue weighted by atomic mass is 35.5. The number of aryl methyl sites for hydroxylation is 1. The third-order valence-corrected chi connectivity index (χ3v) is 5.92. The van der Waals surface area contributed by atoms with Crippen molar-refractivity contribution in [1.82, 2.24) is 20.1 Å². The smallest absolute Gasteiger partial charge is 0.230 e. The Kier molecular flexibility index (Phi) is 8.14. The van der Waals surface area contributed by atoms with E-state index in [4.69, 9.17) is 16.3 Å². The van der Waals surface area contributed by atoms with E-state index in [-0.39, 0.29) is 17.8 Å². The molecule has 2 aromatic carbocycles. The first-order chi connectivity index (χ1) is 15.0. The molecule has 0 fully saturated rings. The number of allylic oxidation sites excluding steroid dienone is 1. The van der Waals surface area contributed by atoms with Gasteiger partial charge in [-0.1, -0.05) is 59.8 Å². The molecule has 162 valence electrons. The highest BCUT2D eigenvalue weighted by Gasteiger charge is 2.20. The predicted molar refractivity (Wildman–Crippen MR) is 124 cm³/mol. The molecule has 3 rings (SSSR count). The van der Waals surface area contributed by atoms with Gasteiger partial charge in [-0.25, -0.2) is 0 Å². The van der Waals surface area contributed by atoms with Crippen LogP contribution in [0.5, 0.6) is 5.75 Å². The second kappa shape index (κ2) is 11.0. The highest BCUT2D eigenvalue weighted by molar-refractivity contribution is 7.99. The van der Waals surface area contributed by atoms with Crippen molar-refractivity contribution in [2.75, 3.05) is 5.75 Å². The normalized spacial score (nSPS) is 11.7. The van der Waals surface area contributed by atoms with E-state index in [9.17, 15) is 4.79 Å². The van der Waals surface area contributed by atoms with Crippen molar-refractivity contribution in [2.45, 2.75) is 38.2 Å². The molecule has 0 aliphatic carbocycles. The van der Waals surface area contributed by atoms with E-state index in [2.05, 4.69) is 22.1 Å². The van der Waals surface area contributed by atoms with Crippen molar-refractivity contribution in [3.05, 3.63) is 83.2 Å². The summed E-state index contributed by atoms with van der Waals surface area (Å²) in [6, 6.07) is 15.3. The van der Waals surface area contributed by atoms with Crippen LogP contribution in [0.25, 0.3) is 0 Å². The minimum atomic E-state index is -0.339. The molecule has 0 saturated carbocycles. The van der Waals surface area contributed by atoms with Gasteiger partial charge < -0.3 is 10.1 Å². The summed E-state index contributed by atoms with van der Waals surface area (Å²) in [5, 5.41) is 12.8. The van der Waals surface area contributed by atoms with Crippen LogP contribution in [0.3, 0.4) is 0 Å². The third kappa shape index (κ3) is 6.35. The molecule has 3 aromatic rings. The Labute approximate surface area is 191 Å². The molecule has 0 aliphatic rings. The number of carbonyl (C=O) groups excluding carboxylic acids is 1. The fraction of sp³-hybridized carbons (Fsp3) is 0.261. The minimum absolute atomic E-state index is 0.0653. The maximum absolute atomic E-state index is 12.3. The number of thioether (sulfide) groups is 1. The van der Waals surface area contributed by atoms with E-state index in [0.717, 1.165) is 11.1 Å². The number of halogens is 1. The topological polar surface area (TPSA) is 69.0 Å². The molecule has 1 amide bonds. The van der Waals surface area contributed by atoms with Crippen LogP contribution in [0.15, 0.2) is 66.3 Å². The Morgan fingerprint density at radius 3 is 2.77 bits per heavy atom. The van der Waals surface area contributed by atoms with Gasteiger partial charge in [0.2, 0.25) is 5.91 Å². The summed E-state index contributed by atoms with van der Waals surface area (Å²) >= 11 is 7.43. The van der Waals surface area contributed by atoms with Gasteiger partial charge in [0, 0.05) is 18.1 Å². The monoisotopic (exact) mass is 456 g/mol. The van der Waals surface area contributed by atoms with Crippen molar-refractivity contribution < 1.29 is 9.53 Å². The first kappa shape index (κ1) is 22.9. The zero-order valence-corrected chi connectivity index (χ0v) is 19.1. The molecule has 0 spiro atoms. The molecule has 31 heavy (non-hydrogen) atoms. The van der Waals surface area contributed by atoms with E-state index < -0.39 is 0 Å². The van der Waals surface area contributed by atoms with Crippen molar-refractivity contribution in [3.63, 3.8) is 0 Å². The maximum atomic E-state index is 12.3. The average molecular weight is 457 g/mol. The Hall–Kier alpha value is -2.77. The van der Waals surface area contributed by atoms with E-state index in [1.165, 1.54) is 11.8 Å². The van der Waals surface area contributed by atoms with Gasteiger partial charge in [-0.3, -0.25) is 9.36 Å². The van der Waals surface area contributed by atoms with Crippen molar-refractivity contribution in [3.8, 4) is 5.75 Å². The van der Waals surface area contributed by atoms with Crippen LogP contribution in [0.1, 0.15) is 30.0 Å². The fourth-order valence-electron chi connectivity index (χ4n) is 2.93. The van der Waals surface area contributed by atoms with Crippen LogP contribution < -0.4 is 10.1 Å². The van der Waals surface area contributed by atoms with E-state index in [1.807, 2.05) is 66.9 Å². The highest BCUT2D eigenvalue weighted by Crippen LogP contribution is 2.27. The Morgan fingerprint density at radius 2 is 2.06 bits per heavy atom. The van der Waals surface area contributed by atoms with Crippen LogP contribution >= 0.6 is 23.4 Å². The lowest BCUT2D eigenvalue weighted by molar-refractivity contribution is -0.118. The van der Waals surface area contributed by atoms with Crippen LogP contribution in [-0.2, 0) is 17.9 Å². The van der Waals surface area contributed by atoms with Crippen LogP contribution in [0, 0.1) is 6.92 Å².